The summed E-state index contributed by atoms with van der Waals surface area (Å²) in [5, 5.41) is 3.42. The molecule has 1 aliphatic heterocycles. The lowest BCUT2D eigenvalue weighted by atomic mass is 10.0. The number of benzene rings is 1. The van der Waals surface area contributed by atoms with Gasteiger partial charge in [0.2, 0.25) is 0 Å². The molecule has 0 spiro atoms. The van der Waals surface area contributed by atoms with Gasteiger partial charge in [-0.3, -0.25) is 4.90 Å². The van der Waals surface area contributed by atoms with E-state index in [1.165, 1.54) is 18.4 Å². The van der Waals surface area contributed by atoms with E-state index in [4.69, 9.17) is 0 Å². The van der Waals surface area contributed by atoms with Gasteiger partial charge in [-0.25, -0.2) is 4.98 Å². The third kappa shape index (κ3) is 4.09. The molecule has 1 saturated heterocycles. The molecule has 2 aromatic rings. The van der Waals surface area contributed by atoms with Crippen molar-refractivity contribution in [3.8, 4) is 0 Å². The molecule has 0 bridgehead atoms. The van der Waals surface area contributed by atoms with Gasteiger partial charge < -0.3 is 10.2 Å². The quantitative estimate of drug-likeness (QED) is 0.920. The molecule has 2 heterocycles. The smallest absolute Gasteiger partial charge is 0.132 e. The van der Waals surface area contributed by atoms with Crippen LogP contribution in [0.5, 0.6) is 0 Å². The SMILES string of the molecule is CN(c1ccccc1)c1ccc(CN(C)C2CCNCC2)cn1. The van der Waals surface area contributed by atoms with Crippen LogP contribution in [0.4, 0.5) is 11.5 Å². The summed E-state index contributed by atoms with van der Waals surface area (Å²) in [6.45, 7) is 3.23. The fraction of sp³-hybridized carbons (Fsp3) is 0.421. The predicted molar refractivity (Wildman–Crippen MR) is 96.1 cm³/mol. The lowest BCUT2D eigenvalue weighted by Gasteiger charge is -2.31. The first-order chi connectivity index (χ1) is 11.2. The molecule has 122 valence electrons. The van der Waals surface area contributed by atoms with E-state index in [9.17, 15) is 0 Å². The fourth-order valence-electron chi connectivity index (χ4n) is 3.16. The molecular formula is C19H26N4. The van der Waals surface area contributed by atoms with Crippen LogP contribution >= 0.6 is 0 Å². The standard InChI is InChI=1S/C19H26N4/c1-22(17-10-12-20-13-11-17)15-16-8-9-19(21-14-16)23(2)18-6-4-3-5-7-18/h3-9,14,17,20H,10-13,15H2,1-2H3. The summed E-state index contributed by atoms with van der Waals surface area (Å²) in [5.41, 5.74) is 2.43. The minimum Gasteiger partial charge on any atom is -0.329 e. The molecule has 1 aromatic heterocycles. The Morgan fingerprint density at radius 1 is 1.04 bits per heavy atom. The molecule has 0 aliphatic carbocycles. The van der Waals surface area contributed by atoms with E-state index in [1.54, 1.807) is 0 Å². The summed E-state index contributed by atoms with van der Waals surface area (Å²) in [4.78, 5) is 9.21. The summed E-state index contributed by atoms with van der Waals surface area (Å²) in [7, 11) is 4.28. The maximum absolute atomic E-state index is 4.64. The highest BCUT2D eigenvalue weighted by Crippen LogP contribution is 2.21. The first kappa shape index (κ1) is 16.0. The van der Waals surface area contributed by atoms with Gasteiger partial charge in [0.15, 0.2) is 0 Å². The molecule has 0 unspecified atom stereocenters. The largest absolute Gasteiger partial charge is 0.329 e. The van der Waals surface area contributed by atoms with E-state index in [0.717, 1.165) is 31.1 Å². The average molecular weight is 310 g/mol. The molecule has 0 radical (unpaired) electrons. The van der Waals surface area contributed by atoms with Crippen molar-refractivity contribution in [2.75, 3.05) is 32.1 Å². The Morgan fingerprint density at radius 3 is 2.43 bits per heavy atom. The van der Waals surface area contributed by atoms with Crippen LogP contribution in [0.3, 0.4) is 0 Å². The van der Waals surface area contributed by atoms with Crippen LogP contribution in [0, 0.1) is 0 Å². The lowest BCUT2D eigenvalue weighted by Crippen LogP contribution is -2.40. The van der Waals surface area contributed by atoms with Crippen LogP contribution in [-0.2, 0) is 6.54 Å². The predicted octanol–water partition coefficient (Wildman–Crippen LogP) is 3.03. The van der Waals surface area contributed by atoms with Gasteiger partial charge in [-0.15, -0.1) is 0 Å². The second kappa shape index (κ2) is 7.57. The van der Waals surface area contributed by atoms with Crippen molar-refractivity contribution in [1.82, 2.24) is 15.2 Å². The number of nitrogens with one attached hydrogen (secondary N) is 1. The third-order valence-electron chi connectivity index (χ3n) is 4.66. The number of hydrogen-bond acceptors (Lipinski definition) is 4. The maximum Gasteiger partial charge on any atom is 0.132 e. The van der Waals surface area contributed by atoms with Crippen LogP contribution in [0.15, 0.2) is 48.7 Å². The second-order valence-electron chi connectivity index (χ2n) is 6.32. The Bertz CT molecular complexity index is 591. The summed E-state index contributed by atoms with van der Waals surface area (Å²) in [6.07, 6.45) is 4.48. The Labute approximate surface area is 139 Å². The highest BCUT2D eigenvalue weighted by molar-refractivity contribution is 5.58. The molecule has 4 nitrogen and oxygen atoms in total. The summed E-state index contributed by atoms with van der Waals surface area (Å²) in [5.74, 6) is 0.976. The van der Waals surface area contributed by atoms with Gasteiger partial charge in [0.05, 0.1) is 0 Å². The van der Waals surface area contributed by atoms with Crippen molar-refractivity contribution in [3.05, 3.63) is 54.2 Å². The van der Waals surface area contributed by atoms with Crippen LogP contribution in [-0.4, -0.2) is 43.1 Å². The molecule has 1 aliphatic rings. The molecule has 23 heavy (non-hydrogen) atoms. The van der Waals surface area contributed by atoms with Crippen LogP contribution < -0.4 is 10.2 Å². The molecule has 4 heteroatoms. The van der Waals surface area contributed by atoms with Crippen molar-refractivity contribution in [2.24, 2.45) is 0 Å². The van der Waals surface area contributed by atoms with Gasteiger partial charge in [-0.2, -0.15) is 0 Å². The fourth-order valence-corrected chi connectivity index (χ4v) is 3.16. The highest BCUT2D eigenvalue weighted by atomic mass is 15.2. The van der Waals surface area contributed by atoms with E-state index in [1.807, 2.05) is 24.4 Å². The van der Waals surface area contributed by atoms with Crippen molar-refractivity contribution in [2.45, 2.75) is 25.4 Å². The van der Waals surface area contributed by atoms with Crippen LogP contribution in [0.25, 0.3) is 0 Å². The van der Waals surface area contributed by atoms with Crippen LogP contribution in [0.2, 0.25) is 0 Å². The third-order valence-corrected chi connectivity index (χ3v) is 4.66. The summed E-state index contributed by atoms with van der Waals surface area (Å²) >= 11 is 0. The Balaban J connectivity index is 1.62. The number of nitrogens with zero attached hydrogens (tertiary/aromatic N) is 3. The van der Waals surface area contributed by atoms with Gasteiger partial charge in [0, 0.05) is 31.5 Å². The van der Waals surface area contributed by atoms with E-state index < -0.39 is 0 Å². The molecule has 0 saturated carbocycles. The Morgan fingerprint density at radius 2 is 1.78 bits per heavy atom. The topological polar surface area (TPSA) is 31.4 Å². The number of hydrogen-bond donors (Lipinski definition) is 1. The molecule has 3 rings (SSSR count). The molecular weight excluding hydrogens is 284 g/mol. The molecule has 1 N–H and O–H groups in total. The van der Waals surface area contributed by atoms with Crippen molar-refractivity contribution >= 4 is 11.5 Å². The van der Waals surface area contributed by atoms with E-state index in [2.05, 4.69) is 58.5 Å². The van der Waals surface area contributed by atoms with E-state index in [0.29, 0.717) is 6.04 Å². The van der Waals surface area contributed by atoms with Crippen molar-refractivity contribution in [3.63, 3.8) is 0 Å². The Kier molecular flexibility index (Phi) is 5.26. The maximum atomic E-state index is 4.64. The summed E-state index contributed by atoms with van der Waals surface area (Å²) < 4.78 is 0. The molecule has 1 aromatic carbocycles. The first-order valence-corrected chi connectivity index (χ1v) is 8.39. The minimum absolute atomic E-state index is 0.683. The van der Waals surface area contributed by atoms with E-state index in [-0.39, 0.29) is 0 Å². The molecule has 0 amide bonds. The number of piperidine rings is 1. The van der Waals surface area contributed by atoms with Gasteiger partial charge in [0.1, 0.15) is 5.82 Å². The zero-order valence-corrected chi connectivity index (χ0v) is 14.1. The van der Waals surface area contributed by atoms with Gasteiger partial charge >= 0.3 is 0 Å². The minimum atomic E-state index is 0.683. The van der Waals surface area contributed by atoms with Crippen molar-refractivity contribution < 1.29 is 0 Å². The van der Waals surface area contributed by atoms with Gasteiger partial charge in [-0.1, -0.05) is 24.3 Å². The molecule has 1 fully saturated rings. The number of aromatic nitrogens is 1. The van der Waals surface area contributed by atoms with Gasteiger partial charge in [-0.05, 0) is 56.7 Å². The van der Waals surface area contributed by atoms with E-state index >= 15 is 0 Å². The average Bonchev–Trinajstić information content (AvgIpc) is 2.63. The zero-order chi connectivity index (χ0) is 16.1. The normalized spacial score (nSPS) is 15.8. The Hall–Kier alpha value is -1.91. The van der Waals surface area contributed by atoms with Crippen molar-refractivity contribution in [1.29, 1.82) is 0 Å². The number of rotatable bonds is 5. The molecule has 0 atom stereocenters. The monoisotopic (exact) mass is 310 g/mol. The number of anilines is 2. The second-order valence-corrected chi connectivity index (χ2v) is 6.32. The van der Waals surface area contributed by atoms with Gasteiger partial charge in [0.25, 0.3) is 0 Å². The van der Waals surface area contributed by atoms with Crippen LogP contribution in [0.1, 0.15) is 18.4 Å². The number of pyridine rings is 1. The highest BCUT2D eigenvalue weighted by Gasteiger charge is 2.17. The zero-order valence-electron chi connectivity index (χ0n) is 14.1. The number of para-hydroxylation sites is 1. The lowest BCUT2D eigenvalue weighted by molar-refractivity contribution is 0.191. The first-order valence-electron chi connectivity index (χ1n) is 8.39. The summed E-state index contributed by atoms with van der Waals surface area (Å²) in [6, 6.07) is 15.3.